The highest BCUT2D eigenvalue weighted by atomic mass is 16.2. The van der Waals surface area contributed by atoms with Crippen LogP contribution in [-0.4, -0.2) is 23.9 Å². The minimum atomic E-state index is -0.382. The van der Waals surface area contributed by atoms with Gasteiger partial charge in [-0.1, -0.05) is 36.4 Å². The Morgan fingerprint density at radius 3 is 1.55 bits per heavy atom. The molecule has 0 radical (unpaired) electrons. The van der Waals surface area contributed by atoms with Crippen molar-refractivity contribution in [3.63, 3.8) is 0 Å². The van der Waals surface area contributed by atoms with Gasteiger partial charge in [-0.05, 0) is 23.3 Å². The van der Waals surface area contributed by atoms with Gasteiger partial charge in [-0.25, -0.2) is 0 Å². The monoisotopic (exact) mass is 290 g/mol. The molecule has 0 bridgehead atoms. The fourth-order valence-electron chi connectivity index (χ4n) is 4.03. The van der Waals surface area contributed by atoms with Crippen LogP contribution >= 0.6 is 0 Å². The predicted octanol–water partition coefficient (Wildman–Crippen LogP) is 1.92. The highest BCUT2D eigenvalue weighted by Crippen LogP contribution is 2.42. The molecule has 4 heteroatoms. The molecule has 1 saturated heterocycles. The second kappa shape index (κ2) is 3.97. The molecule has 2 aromatic rings. The molecule has 3 aliphatic rings. The summed E-state index contributed by atoms with van der Waals surface area (Å²) in [5, 5.41) is 0. The summed E-state index contributed by atoms with van der Waals surface area (Å²) in [6.45, 7) is 0. The van der Waals surface area contributed by atoms with Crippen molar-refractivity contribution in [3.8, 4) is 0 Å². The van der Waals surface area contributed by atoms with E-state index in [4.69, 9.17) is 0 Å². The average Bonchev–Trinajstić information content (AvgIpc) is 3.12. The Morgan fingerprint density at radius 2 is 1.09 bits per heavy atom. The van der Waals surface area contributed by atoms with Crippen molar-refractivity contribution in [1.82, 2.24) is 0 Å². The maximum absolute atomic E-state index is 13.0. The summed E-state index contributed by atoms with van der Waals surface area (Å²) in [5.74, 6) is 0.0940. The van der Waals surface area contributed by atoms with Crippen molar-refractivity contribution in [3.05, 3.63) is 59.7 Å². The van der Waals surface area contributed by atoms with Crippen LogP contribution in [0.3, 0.4) is 0 Å². The zero-order valence-corrected chi connectivity index (χ0v) is 11.9. The van der Waals surface area contributed by atoms with E-state index >= 15 is 0 Å². The van der Waals surface area contributed by atoms with Gasteiger partial charge in [0.15, 0.2) is 0 Å². The highest BCUT2D eigenvalue weighted by molar-refractivity contribution is 6.18. The van der Waals surface area contributed by atoms with Gasteiger partial charge in [0.1, 0.15) is 12.1 Å². The summed E-state index contributed by atoms with van der Waals surface area (Å²) in [6.07, 6.45) is 1.23. The Labute approximate surface area is 128 Å². The van der Waals surface area contributed by atoms with Gasteiger partial charge >= 0.3 is 0 Å². The summed E-state index contributed by atoms with van der Waals surface area (Å²) in [4.78, 5) is 29.4. The lowest BCUT2D eigenvalue weighted by atomic mass is 10.0. The fourth-order valence-corrected chi connectivity index (χ4v) is 4.03. The molecule has 108 valence electrons. The number of anilines is 2. The highest BCUT2D eigenvalue weighted by Gasteiger charge is 2.52. The number of hydrogen-bond donors (Lipinski definition) is 0. The summed E-state index contributed by atoms with van der Waals surface area (Å²) in [5.41, 5.74) is 3.98. The third kappa shape index (κ3) is 1.32. The van der Waals surface area contributed by atoms with Gasteiger partial charge in [0.2, 0.25) is 0 Å². The van der Waals surface area contributed by atoms with Gasteiger partial charge in [-0.3, -0.25) is 19.4 Å². The normalized spacial score (nSPS) is 24.9. The summed E-state index contributed by atoms with van der Waals surface area (Å²) >= 11 is 0. The van der Waals surface area contributed by atoms with Crippen LogP contribution in [0.1, 0.15) is 11.1 Å². The SMILES string of the molecule is O=C1[C@@H]2Cc3ccccc3N2C(=O)[C@@H]2Cc3ccccc3N12. The van der Waals surface area contributed by atoms with E-state index in [1.54, 1.807) is 9.80 Å². The number of amides is 2. The molecular weight excluding hydrogens is 276 g/mol. The molecule has 0 spiro atoms. The lowest BCUT2D eigenvalue weighted by Crippen LogP contribution is -2.63. The van der Waals surface area contributed by atoms with Gasteiger partial charge in [0.05, 0.1) is 0 Å². The molecule has 3 aliphatic heterocycles. The Hall–Kier alpha value is -2.62. The topological polar surface area (TPSA) is 40.6 Å². The Bertz CT molecular complexity index is 760. The molecule has 0 aromatic heterocycles. The van der Waals surface area contributed by atoms with Gasteiger partial charge in [0, 0.05) is 24.2 Å². The van der Waals surface area contributed by atoms with Crippen molar-refractivity contribution >= 4 is 23.2 Å². The number of carbonyl (C=O) groups is 2. The maximum Gasteiger partial charge on any atom is 0.251 e. The van der Waals surface area contributed by atoms with E-state index in [9.17, 15) is 9.59 Å². The number of benzene rings is 2. The smallest absolute Gasteiger partial charge is 0.251 e. The number of nitrogens with zero attached hydrogens (tertiary/aromatic N) is 2. The van der Waals surface area contributed by atoms with Crippen LogP contribution in [0, 0.1) is 0 Å². The van der Waals surface area contributed by atoms with E-state index in [0.29, 0.717) is 12.8 Å². The summed E-state index contributed by atoms with van der Waals surface area (Å²) in [7, 11) is 0. The number of fused-ring (bicyclic) bond motifs is 6. The van der Waals surface area contributed by atoms with Crippen LogP contribution in [0.15, 0.2) is 48.5 Å². The van der Waals surface area contributed by atoms with E-state index in [0.717, 1.165) is 22.5 Å². The number of carbonyl (C=O) groups excluding carboxylic acids is 2. The molecule has 5 rings (SSSR count). The Balaban J connectivity index is 1.65. The van der Waals surface area contributed by atoms with E-state index < -0.39 is 0 Å². The zero-order valence-electron chi connectivity index (χ0n) is 11.9. The average molecular weight is 290 g/mol. The third-order valence-corrected chi connectivity index (χ3v) is 5.00. The molecule has 0 aliphatic carbocycles. The van der Waals surface area contributed by atoms with Gasteiger partial charge in [-0.2, -0.15) is 0 Å². The van der Waals surface area contributed by atoms with Gasteiger partial charge in [0.25, 0.3) is 11.8 Å². The van der Waals surface area contributed by atoms with Crippen LogP contribution < -0.4 is 9.80 Å². The molecule has 0 N–H and O–H groups in total. The standard InChI is InChI=1S/C18H14N2O2/c21-17-15-9-11-5-1-3-7-13(11)19(15)18(22)16-10-12-6-2-4-8-14(12)20(16)17/h1-8,15-16H,9-10H2/t15-,16-/m0/s1. The molecule has 2 aromatic carbocycles. The second-order valence-corrected chi connectivity index (χ2v) is 6.11. The Kier molecular flexibility index (Phi) is 2.16. The first-order valence-electron chi connectivity index (χ1n) is 7.57. The van der Waals surface area contributed by atoms with Crippen LogP contribution in [0.2, 0.25) is 0 Å². The molecule has 4 nitrogen and oxygen atoms in total. The first-order chi connectivity index (χ1) is 10.8. The largest absolute Gasteiger partial charge is 0.297 e. The molecular formula is C18H14N2O2. The zero-order chi connectivity index (χ0) is 14.8. The quantitative estimate of drug-likeness (QED) is 0.743. The molecule has 22 heavy (non-hydrogen) atoms. The van der Waals surface area contributed by atoms with Crippen LogP contribution in [0.5, 0.6) is 0 Å². The summed E-state index contributed by atoms with van der Waals surface area (Å²) < 4.78 is 0. The lowest BCUT2D eigenvalue weighted by Gasteiger charge is -2.39. The van der Waals surface area contributed by atoms with Gasteiger partial charge < -0.3 is 0 Å². The van der Waals surface area contributed by atoms with E-state index in [2.05, 4.69) is 0 Å². The van der Waals surface area contributed by atoms with Gasteiger partial charge in [-0.15, -0.1) is 0 Å². The minimum absolute atomic E-state index is 0.0470. The number of piperazine rings is 1. The van der Waals surface area contributed by atoms with Crippen molar-refractivity contribution < 1.29 is 9.59 Å². The minimum Gasteiger partial charge on any atom is -0.297 e. The summed E-state index contributed by atoms with van der Waals surface area (Å²) in [6, 6.07) is 14.9. The van der Waals surface area contributed by atoms with E-state index in [-0.39, 0.29) is 23.9 Å². The molecule has 0 saturated carbocycles. The van der Waals surface area contributed by atoms with Crippen molar-refractivity contribution in [2.45, 2.75) is 24.9 Å². The second-order valence-electron chi connectivity index (χ2n) is 6.11. The van der Waals surface area contributed by atoms with Crippen molar-refractivity contribution in [2.24, 2.45) is 0 Å². The number of para-hydroxylation sites is 2. The van der Waals surface area contributed by atoms with Crippen LogP contribution in [-0.2, 0) is 22.4 Å². The van der Waals surface area contributed by atoms with Crippen LogP contribution in [0.4, 0.5) is 11.4 Å². The maximum atomic E-state index is 13.0. The first kappa shape index (κ1) is 12.0. The number of rotatable bonds is 0. The molecule has 3 heterocycles. The van der Waals surface area contributed by atoms with Crippen LogP contribution in [0.25, 0.3) is 0 Å². The van der Waals surface area contributed by atoms with E-state index in [1.807, 2.05) is 48.5 Å². The van der Waals surface area contributed by atoms with Crippen molar-refractivity contribution in [1.29, 1.82) is 0 Å². The lowest BCUT2D eigenvalue weighted by molar-refractivity contribution is -0.130. The Morgan fingerprint density at radius 1 is 0.682 bits per heavy atom. The third-order valence-electron chi connectivity index (χ3n) is 5.00. The molecule has 2 atom stereocenters. The molecule has 0 unspecified atom stereocenters. The fraction of sp³-hybridized carbons (Fsp3) is 0.222. The molecule has 1 fully saturated rings. The molecule has 2 amide bonds. The predicted molar refractivity (Wildman–Crippen MR) is 82.8 cm³/mol. The van der Waals surface area contributed by atoms with Crippen molar-refractivity contribution in [2.75, 3.05) is 9.80 Å². The van der Waals surface area contributed by atoms with E-state index in [1.165, 1.54) is 0 Å². The number of hydrogen-bond acceptors (Lipinski definition) is 2. The first-order valence-corrected chi connectivity index (χ1v) is 7.57.